The van der Waals surface area contributed by atoms with Crippen molar-refractivity contribution in [2.24, 2.45) is 0 Å². The zero-order chi connectivity index (χ0) is 16.7. The van der Waals surface area contributed by atoms with Crippen LogP contribution in [0.3, 0.4) is 0 Å². The highest BCUT2D eigenvalue weighted by molar-refractivity contribution is 15.0. The van der Waals surface area contributed by atoms with Crippen LogP contribution in [0.4, 0.5) is 5.69 Å². The Morgan fingerprint density at radius 3 is 2.27 bits per heavy atom. The van der Waals surface area contributed by atoms with Crippen LogP contribution < -0.4 is 4.90 Å². The second kappa shape index (κ2) is 8.96. The maximum atomic E-state index is 8.94. The lowest BCUT2D eigenvalue weighted by Crippen LogP contribution is -2.07. The molecule has 0 atom stereocenters. The van der Waals surface area contributed by atoms with Gasteiger partial charge in [0.1, 0.15) is 0 Å². The summed E-state index contributed by atoms with van der Waals surface area (Å²) in [6.45, 7) is 8.83. The van der Waals surface area contributed by atoms with Crippen LogP contribution in [0.15, 0.2) is 42.1 Å². The number of hydrogen-bond donors (Lipinski definition) is 0. The number of benzene rings is 2. The van der Waals surface area contributed by atoms with Gasteiger partial charge in [-0.1, -0.05) is 18.2 Å². The molecule has 0 spiro atoms. The summed E-state index contributed by atoms with van der Waals surface area (Å²) in [7, 11) is 4.02. The third-order valence-electron chi connectivity index (χ3n) is 3.35. The third kappa shape index (κ3) is 4.34. The van der Waals surface area contributed by atoms with Gasteiger partial charge in [-0.3, -0.25) is 0 Å². The Labute approximate surface area is 154 Å². The fourth-order valence-electron chi connectivity index (χ4n) is 2.07. The van der Waals surface area contributed by atoms with Crippen molar-refractivity contribution in [1.29, 1.82) is 5.26 Å². The molecule has 0 fully saturated rings. The molecule has 2 aromatic carbocycles. The average molecular weight is 515 g/mol. The van der Waals surface area contributed by atoms with Gasteiger partial charge in [0.05, 0.1) is 12.6 Å². The molecular formula is C17H15I2N3. The zero-order valence-corrected chi connectivity index (χ0v) is 16.9. The van der Waals surface area contributed by atoms with E-state index in [0.717, 1.165) is 27.6 Å². The van der Waals surface area contributed by atoms with Gasteiger partial charge in [-0.15, -0.1) is 0 Å². The number of halogens is 2. The van der Waals surface area contributed by atoms with Gasteiger partial charge in [-0.25, -0.2) is 10.1 Å². The number of allylic oxidation sites excluding steroid dienone is 2. The Morgan fingerprint density at radius 1 is 1.14 bits per heavy atom. The molecule has 0 saturated heterocycles. The summed E-state index contributed by atoms with van der Waals surface area (Å²) in [5.74, 6) is 0. The molecular weight excluding hydrogens is 500 g/mol. The zero-order valence-electron chi connectivity index (χ0n) is 12.6. The molecule has 2 aromatic rings. The first-order chi connectivity index (χ1) is 10.6. The van der Waals surface area contributed by atoms with Crippen molar-refractivity contribution in [3.8, 4) is 6.07 Å². The summed E-state index contributed by atoms with van der Waals surface area (Å²) in [6.07, 6.45) is 0. The quantitative estimate of drug-likeness (QED) is 0.286. The van der Waals surface area contributed by atoms with Crippen molar-refractivity contribution in [2.75, 3.05) is 19.0 Å². The van der Waals surface area contributed by atoms with E-state index in [-0.39, 0.29) is 5.70 Å². The van der Waals surface area contributed by atoms with Crippen LogP contribution in [0.2, 0.25) is 0 Å². The minimum atomic E-state index is 0.147. The molecule has 0 aliphatic rings. The molecule has 0 heterocycles. The van der Waals surface area contributed by atoms with Crippen LogP contribution in [0, 0.1) is 17.9 Å². The molecule has 0 aliphatic heterocycles. The molecule has 5 heteroatoms. The van der Waals surface area contributed by atoms with E-state index in [2.05, 4.69) is 65.2 Å². The Hall–Kier alpha value is -1.32. The van der Waals surface area contributed by atoms with E-state index in [1.807, 2.05) is 45.3 Å². The average Bonchev–Trinajstić information content (AvgIpc) is 2.56. The van der Waals surface area contributed by atoms with E-state index < -0.39 is 0 Å². The highest BCUT2D eigenvalue weighted by atomic mass is 128. The van der Waals surface area contributed by atoms with Crippen molar-refractivity contribution in [3.05, 3.63) is 59.1 Å². The second-order valence-corrected chi connectivity index (χ2v) is 4.84. The van der Waals surface area contributed by atoms with Gasteiger partial charge in [-0.2, -0.15) is 0 Å². The molecule has 0 unspecified atom stereocenters. The fraction of sp³-hybridized carbons (Fsp3) is 0.176. The van der Waals surface area contributed by atoms with Gasteiger partial charge in [0.2, 0.25) is 0 Å². The number of hydrogen-bond acceptors (Lipinski definition) is 2. The van der Waals surface area contributed by atoms with Crippen LogP contribution in [0.5, 0.6) is 0 Å². The van der Waals surface area contributed by atoms with E-state index in [4.69, 9.17) is 11.8 Å². The van der Waals surface area contributed by atoms with Gasteiger partial charge in [0.15, 0.2) is 0 Å². The van der Waals surface area contributed by atoms with Gasteiger partial charge >= 0.3 is 0 Å². The Bertz CT molecular complexity index is 765. The van der Waals surface area contributed by atoms with Gasteiger partial charge in [0, 0.05) is 57.0 Å². The number of nitrogens with zero attached hydrogens (tertiary/aromatic N) is 3. The standard InChI is InChI=1S/C17H15N3.I2/c1-12(17(11-18)19-2)13-5-6-15-10-16(20(3)4)8-7-14(15)9-13;1-2/h5-10H,1,3-4H3;/b17-12-;. The van der Waals surface area contributed by atoms with Crippen molar-refractivity contribution in [1.82, 2.24) is 0 Å². The number of rotatable bonds is 2. The monoisotopic (exact) mass is 515 g/mol. The van der Waals surface area contributed by atoms with Gasteiger partial charge in [-0.05, 0) is 47.0 Å². The largest absolute Gasteiger partial charge is 0.378 e. The summed E-state index contributed by atoms with van der Waals surface area (Å²) in [6, 6.07) is 14.2. The van der Waals surface area contributed by atoms with Gasteiger partial charge < -0.3 is 4.90 Å². The fourth-order valence-corrected chi connectivity index (χ4v) is 2.07. The molecule has 22 heavy (non-hydrogen) atoms. The predicted molar refractivity (Wildman–Crippen MR) is 111 cm³/mol. The topological polar surface area (TPSA) is 31.4 Å². The minimum Gasteiger partial charge on any atom is -0.378 e. The van der Waals surface area contributed by atoms with Crippen LogP contribution in [-0.4, -0.2) is 14.1 Å². The van der Waals surface area contributed by atoms with Crippen molar-refractivity contribution in [2.45, 2.75) is 6.92 Å². The van der Waals surface area contributed by atoms with Crippen LogP contribution in [0.25, 0.3) is 21.2 Å². The van der Waals surface area contributed by atoms with Crippen LogP contribution in [-0.2, 0) is 0 Å². The molecule has 0 saturated carbocycles. The first kappa shape index (κ1) is 18.7. The highest BCUT2D eigenvalue weighted by Crippen LogP contribution is 2.26. The summed E-state index contributed by atoms with van der Waals surface area (Å²) in [5, 5.41) is 11.2. The molecule has 3 nitrogen and oxygen atoms in total. The van der Waals surface area contributed by atoms with Crippen LogP contribution in [0.1, 0.15) is 12.5 Å². The number of nitriles is 1. The summed E-state index contributed by atoms with van der Waals surface area (Å²) in [4.78, 5) is 5.32. The molecule has 0 bridgehead atoms. The molecule has 0 amide bonds. The summed E-state index contributed by atoms with van der Waals surface area (Å²) in [5.41, 5.74) is 2.94. The number of anilines is 1. The minimum absolute atomic E-state index is 0.147. The van der Waals surface area contributed by atoms with E-state index in [9.17, 15) is 0 Å². The van der Waals surface area contributed by atoms with Crippen molar-refractivity contribution >= 4 is 59.3 Å². The lowest BCUT2D eigenvalue weighted by atomic mass is 10.0. The van der Waals surface area contributed by atoms with Gasteiger partial charge in [0.25, 0.3) is 5.70 Å². The first-order valence-corrected chi connectivity index (χ1v) is 12.7. The summed E-state index contributed by atoms with van der Waals surface area (Å²) >= 11 is 4.24. The molecule has 0 aliphatic carbocycles. The maximum Gasteiger partial charge on any atom is 0.265 e. The number of fused-ring (bicyclic) bond motifs is 1. The highest BCUT2D eigenvalue weighted by Gasteiger charge is 2.05. The smallest absolute Gasteiger partial charge is 0.265 e. The molecule has 0 aromatic heterocycles. The Morgan fingerprint density at radius 2 is 1.73 bits per heavy atom. The second-order valence-electron chi connectivity index (χ2n) is 4.84. The first-order valence-electron chi connectivity index (χ1n) is 6.41. The SMILES string of the molecule is II.[C-]#[N+]/C(C#N)=C(/C)c1ccc2cc(N(C)C)ccc2c1. The van der Waals surface area contributed by atoms with Crippen molar-refractivity contribution in [3.63, 3.8) is 0 Å². The van der Waals surface area contributed by atoms with Crippen LogP contribution >= 0.6 is 37.2 Å². The van der Waals surface area contributed by atoms with Crippen molar-refractivity contribution < 1.29 is 0 Å². The van der Waals surface area contributed by atoms with E-state index in [0.29, 0.717) is 0 Å². The van der Waals surface area contributed by atoms with E-state index >= 15 is 0 Å². The summed E-state index contributed by atoms with van der Waals surface area (Å²) < 4.78 is 0. The Balaban J connectivity index is 0.00000116. The third-order valence-corrected chi connectivity index (χ3v) is 3.35. The molecule has 0 N–H and O–H groups in total. The van der Waals surface area contributed by atoms with E-state index in [1.54, 1.807) is 0 Å². The Kier molecular flexibility index (Phi) is 7.63. The molecule has 0 radical (unpaired) electrons. The normalized spacial score (nSPS) is 10.7. The molecule has 2 rings (SSSR count). The molecule has 112 valence electrons. The lowest BCUT2D eigenvalue weighted by molar-refractivity contribution is 1.14. The lowest BCUT2D eigenvalue weighted by Gasteiger charge is -2.13. The van der Waals surface area contributed by atoms with E-state index in [1.165, 1.54) is 0 Å². The predicted octanol–water partition coefficient (Wildman–Crippen LogP) is 5.85. The maximum absolute atomic E-state index is 8.94.